The molecule has 1 unspecified atom stereocenters. The molecule has 0 saturated carbocycles. The minimum atomic E-state index is 0.0349. The van der Waals surface area contributed by atoms with Crippen LogP contribution in [0.25, 0.3) is 0 Å². The fraction of sp³-hybridized carbons (Fsp3) is 0.750. The van der Waals surface area contributed by atoms with Crippen LogP contribution in [-0.4, -0.2) is 33.5 Å². The molecule has 1 aromatic rings. The number of hydrogen-bond acceptors (Lipinski definition) is 4. The Hall–Kier alpha value is -0.970. The first-order chi connectivity index (χ1) is 7.98. The monoisotopic (exact) mass is 253 g/mol. The smallest absolute Gasteiger partial charge is 0.275 e. The van der Waals surface area contributed by atoms with Gasteiger partial charge in [-0.25, -0.2) is 0 Å². The SMILES string of the molecule is CC(C)(C)C1CCCN(C(=O)c2csnn2)C1. The second-order valence-corrected chi connectivity index (χ2v) is 6.36. The fourth-order valence-corrected chi connectivity index (χ4v) is 2.72. The fourth-order valence-electron chi connectivity index (χ4n) is 2.29. The first kappa shape index (κ1) is 12.5. The van der Waals surface area contributed by atoms with E-state index in [0.717, 1.165) is 19.5 Å². The summed E-state index contributed by atoms with van der Waals surface area (Å²) in [4.78, 5) is 14.1. The van der Waals surface area contributed by atoms with E-state index in [4.69, 9.17) is 0 Å². The average molecular weight is 253 g/mol. The Kier molecular flexibility index (Phi) is 3.47. The van der Waals surface area contributed by atoms with Crippen LogP contribution in [0.15, 0.2) is 5.38 Å². The Labute approximate surface area is 106 Å². The molecular formula is C12H19N3OS. The van der Waals surface area contributed by atoms with E-state index in [-0.39, 0.29) is 11.3 Å². The van der Waals surface area contributed by atoms with Gasteiger partial charge in [-0.05, 0) is 35.7 Å². The van der Waals surface area contributed by atoms with Gasteiger partial charge in [0.1, 0.15) is 0 Å². The maximum absolute atomic E-state index is 12.2. The van der Waals surface area contributed by atoms with Gasteiger partial charge in [0, 0.05) is 18.5 Å². The quantitative estimate of drug-likeness (QED) is 0.772. The number of carbonyl (C=O) groups is 1. The highest BCUT2D eigenvalue weighted by molar-refractivity contribution is 7.03. The minimum Gasteiger partial charge on any atom is -0.337 e. The molecule has 4 nitrogen and oxygen atoms in total. The third-order valence-electron chi connectivity index (χ3n) is 3.51. The van der Waals surface area contributed by atoms with E-state index in [9.17, 15) is 4.79 Å². The number of rotatable bonds is 1. The topological polar surface area (TPSA) is 46.1 Å². The van der Waals surface area contributed by atoms with E-state index in [1.54, 1.807) is 5.38 Å². The predicted octanol–water partition coefficient (Wildman–Crippen LogP) is 2.44. The zero-order chi connectivity index (χ0) is 12.5. The van der Waals surface area contributed by atoms with E-state index in [0.29, 0.717) is 11.6 Å². The van der Waals surface area contributed by atoms with E-state index in [1.165, 1.54) is 18.0 Å². The summed E-state index contributed by atoms with van der Waals surface area (Å²) in [6.45, 7) is 8.44. The molecule has 1 amide bonds. The zero-order valence-electron chi connectivity index (χ0n) is 10.6. The van der Waals surface area contributed by atoms with Gasteiger partial charge in [-0.2, -0.15) is 0 Å². The maximum Gasteiger partial charge on any atom is 0.275 e. The van der Waals surface area contributed by atoms with Crippen LogP contribution in [0.4, 0.5) is 0 Å². The molecule has 2 rings (SSSR count). The van der Waals surface area contributed by atoms with Gasteiger partial charge < -0.3 is 4.90 Å². The molecule has 0 spiro atoms. The lowest BCUT2D eigenvalue weighted by Crippen LogP contribution is -2.43. The summed E-state index contributed by atoms with van der Waals surface area (Å²) in [6.07, 6.45) is 2.30. The summed E-state index contributed by atoms with van der Waals surface area (Å²) in [6, 6.07) is 0. The second kappa shape index (κ2) is 4.72. The van der Waals surface area contributed by atoms with E-state index in [1.807, 2.05) is 4.90 Å². The van der Waals surface area contributed by atoms with Gasteiger partial charge in [0.05, 0.1) is 0 Å². The van der Waals surface area contributed by atoms with Crippen LogP contribution in [-0.2, 0) is 0 Å². The van der Waals surface area contributed by atoms with E-state index >= 15 is 0 Å². The van der Waals surface area contributed by atoms with Crippen LogP contribution < -0.4 is 0 Å². The lowest BCUT2D eigenvalue weighted by atomic mass is 9.76. The number of nitrogens with zero attached hydrogens (tertiary/aromatic N) is 3. The van der Waals surface area contributed by atoms with Gasteiger partial charge >= 0.3 is 0 Å². The Bertz CT molecular complexity index is 383. The maximum atomic E-state index is 12.2. The van der Waals surface area contributed by atoms with Crippen molar-refractivity contribution in [2.24, 2.45) is 11.3 Å². The summed E-state index contributed by atoms with van der Waals surface area (Å²) in [7, 11) is 0. The molecule has 1 aromatic heterocycles. The molecule has 0 aromatic carbocycles. The molecule has 5 heteroatoms. The Morgan fingerprint density at radius 3 is 2.88 bits per heavy atom. The summed E-state index contributed by atoms with van der Waals surface area (Å²) in [5.74, 6) is 0.611. The van der Waals surface area contributed by atoms with Gasteiger partial charge in [-0.3, -0.25) is 4.79 Å². The Morgan fingerprint density at radius 1 is 1.53 bits per heavy atom. The molecule has 17 heavy (non-hydrogen) atoms. The molecule has 1 saturated heterocycles. The van der Waals surface area contributed by atoms with Gasteiger partial charge in [0.2, 0.25) is 0 Å². The third kappa shape index (κ3) is 2.83. The van der Waals surface area contributed by atoms with Crippen molar-refractivity contribution in [1.29, 1.82) is 0 Å². The molecule has 0 radical (unpaired) electrons. The van der Waals surface area contributed by atoms with Crippen molar-refractivity contribution in [2.75, 3.05) is 13.1 Å². The van der Waals surface area contributed by atoms with Crippen LogP contribution >= 0.6 is 11.5 Å². The summed E-state index contributed by atoms with van der Waals surface area (Å²) >= 11 is 1.23. The zero-order valence-corrected chi connectivity index (χ0v) is 11.5. The normalized spacial score (nSPS) is 21.6. The highest BCUT2D eigenvalue weighted by atomic mass is 32.1. The van der Waals surface area contributed by atoms with Gasteiger partial charge in [0.15, 0.2) is 5.69 Å². The molecule has 1 atom stereocenters. The van der Waals surface area contributed by atoms with Crippen molar-refractivity contribution in [1.82, 2.24) is 14.5 Å². The predicted molar refractivity (Wildman–Crippen MR) is 68.0 cm³/mol. The van der Waals surface area contributed by atoms with Gasteiger partial charge in [-0.1, -0.05) is 25.3 Å². The summed E-state index contributed by atoms with van der Waals surface area (Å²) in [5, 5.41) is 5.58. The van der Waals surface area contributed by atoms with Crippen LogP contribution in [0.3, 0.4) is 0 Å². The number of piperidine rings is 1. The van der Waals surface area contributed by atoms with Gasteiger partial charge in [-0.15, -0.1) is 5.10 Å². The van der Waals surface area contributed by atoms with Crippen molar-refractivity contribution >= 4 is 17.4 Å². The van der Waals surface area contributed by atoms with Crippen molar-refractivity contribution in [3.63, 3.8) is 0 Å². The first-order valence-corrected chi connectivity index (χ1v) is 6.88. The number of amides is 1. The molecule has 1 aliphatic rings. The van der Waals surface area contributed by atoms with Crippen molar-refractivity contribution in [3.05, 3.63) is 11.1 Å². The largest absolute Gasteiger partial charge is 0.337 e. The van der Waals surface area contributed by atoms with Crippen molar-refractivity contribution < 1.29 is 4.79 Å². The minimum absolute atomic E-state index is 0.0349. The molecule has 0 N–H and O–H groups in total. The molecule has 0 aliphatic carbocycles. The van der Waals surface area contributed by atoms with Crippen molar-refractivity contribution in [2.45, 2.75) is 33.6 Å². The molecule has 0 bridgehead atoms. The molecule has 1 aliphatic heterocycles. The highest BCUT2D eigenvalue weighted by Crippen LogP contribution is 2.33. The molecular weight excluding hydrogens is 234 g/mol. The van der Waals surface area contributed by atoms with Gasteiger partial charge in [0.25, 0.3) is 5.91 Å². The number of likely N-dealkylation sites (tertiary alicyclic amines) is 1. The number of hydrogen-bond donors (Lipinski definition) is 0. The van der Waals surface area contributed by atoms with Crippen LogP contribution in [0, 0.1) is 11.3 Å². The third-order valence-corrected chi connectivity index (χ3v) is 4.02. The number of carbonyl (C=O) groups excluding carboxylic acids is 1. The number of aromatic nitrogens is 2. The van der Waals surface area contributed by atoms with Crippen LogP contribution in [0.2, 0.25) is 0 Å². The molecule has 1 fully saturated rings. The molecule has 2 heterocycles. The lowest BCUT2D eigenvalue weighted by molar-refractivity contribution is 0.0557. The van der Waals surface area contributed by atoms with Crippen molar-refractivity contribution in [3.8, 4) is 0 Å². The highest BCUT2D eigenvalue weighted by Gasteiger charge is 2.32. The van der Waals surface area contributed by atoms with Crippen LogP contribution in [0.5, 0.6) is 0 Å². The standard InChI is InChI=1S/C12H19N3OS/c1-12(2,3)9-5-4-6-15(7-9)11(16)10-8-17-14-13-10/h8-9H,4-7H2,1-3H3. The van der Waals surface area contributed by atoms with E-state index < -0.39 is 0 Å². The average Bonchev–Trinajstić information content (AvgIpc) is 2.80. The molecule has 94 valence electrons. The summed E-state index contributed by atoms with van der Waals surface area (Å²) in [5.41, 5.74) is 0.754. The van der Waals surface area contributed by atoms with Crippen LogP contribution in [0.1, 0.15) is 44.1 Å². The summed E-state index contributed by atoms with van der Waals surface area (Å²) < 4.78 is 3.75. The first-order valence-electron chi connectivity index (χ1n) is 6.05. The lowest BCUT2D eigenvalue weighted by Gasteiger charge is -2.39. The Morgan fingerprint density at radius 2 is 2.29 bits per heavy atom. The van der Waals surface area contributed by atoms with E-state index in [2.05, 4.69) is 30.4 Å². The Balaban J connectivity index is 2.05. The second-order valence-electron chi connectivity index (χ2n) is 5.75.